The summed E-state index contributed by atoms with van der Waals surface area (Å²) in [5, 5.41) is 8.93. The van der Waals surface area contributed by atoms with Gasteiger partial charge in [0.1, 0.15) is 12.1 Å². The number of hydrogen-bond acceptors (Lipinski definition) is 5. The third-order valence-electron chi connectivity index (χ3n) is 8.48. The normalized spacial score (nSPS) is 20.7. The maximum atomic E-state index is 14.0. The minimum absolute atomic E-state index is 0.184. The number of carbonyl (C=O) groups is 3. The second kappa shape index (κ2) is 13.9. The van der Waals surface area contributed by atoms with E-state index in [2.05, 4.69) is 22.0 Å². The highest BCUT2D eigenvalue weighted by Gasteiger charge is 2.40. The fourth-order valence-corrected chi connectivity index (χ4v) is 5.80. The molecule has 8 nitrogen and oxygen atoms in total. The van der Waals surface area contributed by atoms with Crippen LogP contribution in [-0.4, -0.2) is 72.3 Å². The van der Waals surface area contributed by atoms with E-state index in [0.29, 0.717) is 18.7 Å². The van der Waals surface area contributed by atoms with Gasteiger partial charge in [0.15, 0.2) is 0 Å². The van der Waals surface area contributed by atoms with Gasteiger partial charge in [-0.1, -0.05) is 50.2 Å². The highest BCUT2D eigenvalue weighted by Crippen LogP contribution is 2.31. The molecule has 2 aromatic rings. The number of fused-ring (bicyclic) bond motifs is 1. The van der Waals surface area contributed by atoms with E-state index in [1.807, 2.05) is 36.9 Å². The van der Waals surface area contributed by atoms with Gasteiger partial charge in [-0.15, -0.1) is 0 Å². The van der Waals surface area contributed by atoms with E-state index in [0.717, 1.165) is 37.0 Å². The Balaban J connectivity index is 1.56. The predicted molar refractivity (Wildman–Crippen MR) is 158 cm³/mol. The molecule has 3 amide bonds. The van der Waals surface area contributed by atoms with Crippen LogP contribution in [-0.2, 0) is 33.5 Å². The van der Waals surface area contributed by atoms with E-state index in [-0.39, 0.29) is 42.8 Å². The average Bonchev–Trinajstić information content (AvgIpc) is 2.98. The van der Waals surface area contributed by atoms with Crippen LogP contribution in [0.1, 0.15) is 61.9 Å². The van der Waals surface area contributed by atoms with Crippen LogP contribution in [0.15, 0.2) is 48.5 Å². The zero-order valence-electron chi connectivity index (χ0n) is 25.2. The Hall–Kier alpha value is -3.44. The lowest BCUT2D eigenvalue weighted by atomic mass is 9.87. The quantitative estimate of drug-likeness (QED) is 0.408. The highest BCUT2D eigenvalue weighted by atomic mass is 19.4. The monoisotopic (exact) mass is 601 g/mol. The number of nitrogens with one attached hydrogen (secondary N) is 3. The zero-order chi connectivity index (χ0) is 31.3. The lowest BCUT2D eigenvalue weighted by Crippen LogP contribution is -2.64. The molecule has 1 unspecified atom stereocenters. The molecule has 1 heterocycles. The molecule has 1 saturated heterocycles. The second-order valence-electron chi connectivity index (χ2n) is 11.9. The van der Waals surface area contributed by atoms with Crippen LogP contribution in [0.2, 0.25) is 0 Å². The number of alkyl halides is 3. The summed E-state index contributed by atoms with van der Waals surface area (Å²) in [4.78, 5) is 44.2. The first kappa shape index (κ1) is 32.5. The highest BCUT2D eigenvalue weighted by molar-refractivity contribution is 5.93. The fourth-order valence-electron chi connectivity index (χ4n) is 5.80. The third-order valence-corrected chi connectivity index (χ3v) is 8.48. The summed E-state index contributed by atoms with van der Waals surface area (Å²) in [6.45, 7) is 6.60. The largest absolute Gasteiger partial charge is 0.416 e. The van der Waals surface area contributed by atoms with Gasteiger partial charge in [-0.05, 0) is 68.0 Å². The topological polar surface area (TPSA) is 93.8 Å². The van der Waals surface area contributed by atoms with Crippen molar-refractivity contribution in [1.82, 2.24) is 25.8 Å². The van der Waals surface area contributed by atoms with Crippen LogP contribution in [0.4, 0.5) is 13.2 Å². The molecule has 0 aromatic heterocycles. The molecule has 3 N–H and O–H groups in total. The molecule has 11 heteroatoms. The maximum Gasteiger partial charge on any atom is 0.416 e. The summed E-state index contributed by atoms with van der Waals surface area (Å²) in [6, 6.07) is 10.7. The van der Waals surface area contributed by atoms with Gasteiger partial charge in [0.05, 0.1) is 17.6 Å². The number of aryl methyl sites for hydroxylation is 1. The minimum atomic E-state index is -4.42. The van der Waals surface area contributed by atoms with Crippen molar-refractivity contribution in [3.63, 3.8) is 0 Å². The molecule has 2 aliphatic rings. The van der Waals surface area contributed by atoms with Gasteiger partial charge < -0.3 is 20.9 Å². The van der Waals surface area contributed by atoms with Crippen LogP contribution in [0.25, 0.3) is 0 Å². The smallest absolute Gasteiger partial charge is 0.347 e. The summed E-state index contributed by atoms with van der Waals surface area (Å²) in [7, 11) is 1.66. The number of rotatable bonds is 9. The number of carbonyl (C=O) groups excluding carboxylic acids is 3. The Morgan fingerprint density at radius 1 is 1.00 bits per heavy atom. The van der Waals surface area contributed by atoms with E-state index < -0.39 is 29.9 Å². The molecule has 1 aliphatic carbocycles. The first-order valence-corrected chi connectivity index (χ1v) is 14.9. The number of benzene rings is 2. The number of piperazine rings is 1. The second-order valence-corrected chi connectivity index (χ2v) is 11.9. The molecule has 234 valence electrons. The zero-order valence-corrected chi connectivity index (χ0v) is 25.2. The third kappa shape index (κ3) is 7.94. The van der Waals surface area contributed by atoms with Crippen LogP contribution in [0.3, 0.4) is 0 Å². The van der Waals surface area contributed by atoms with Crippen molar-refractivity contribution in [2.24, 2.45) is 5.92 Å². The van der Waals surface area contributed by atoms with Gasteiger partial charge in [0.25, 0.3) is 0 Å². The van der Waals surface area contributed by atoms with Gasteiger partial charge in [0.2, 0.25) is 17.7 Å². The number of amides is 3. The molecule has 4 rings (SSSR count). The van der Waals surface area contributed by atoms with Crippen molar-refractivity contribution in [2.75, 3.05) is 26.7 Å². The van der Waals surface area contributed by atoms with Gasteiger partial charge in [0, 0.05) is 26.2 Å². The molecule has 0 spiro atoms. The molecule has 0 radical (unpaired) electrons. The number of hydrogen-bond donors (Lipinski definition) is 3. The van der Waals surface area contributed by atoms with Crippen LogP contribution >= 0.6 is 0 Å². The van der Waals surface area contributed by atoms with Gasteiger partial charge in [-0.3, -0.25) is 19.3 Å². The van der Waals surface area contributed by atoms with Crippen molar-refractivity contribution in [3.05, 3.63) is 70.8 Å². The lowest BCUT2D eigenvalue weighted by Gasteiger charge is -2.43. The van der Waals surface area contributed by atoms with Gasteiger partial charge in [-0.25, -0.2) is 0 Å². The van der Waals surface area contributed by atoms with Crippen molar-refractivity contribution < 1.29 is 27.6 Å². The SMILES string of the molecule is CN[C@@H](C)C(=O)N[C@H](C(=O)N1CCN(Cc2ccc(C(F)(F)F)cc2)C[C@H]1C(=O)NC1CCCc2ccccc21)C(C)C. The van der Waals surface area contributed by atoms with E-state index >= 15 is 0 Å². The van der Waals surface area contributed by atoms with Gasteiger partial charge >= 0.3 is 6.18 Å². The Kier molecular flexibility index (Phi) is 10.5. The standard InChI is InChI=1S/C32H42F3N5O3/c1-20(2)28(38-29(41)21(3)36-4)31(43)40-17-16-39(18-22-12-14-24(15-13-22)32(33,34)35)19-27(40)30(42)37-26-11-7-9-23-8-5-6-10-25(23)26/h5-6,8,10,12-15,20-21,26-28,36H,7,9,11,16-19H2,1-4H3,(H,37,42)(H,38,41)/t21-,26?,27-,28-/m0/s1. The van der Waals surface area contributed by atoms with Crippen molar-refractivity contribution in [2.45, 2.75) is 76.9 Å². The molecule has 1 fully saturated rings. The minimum Gasteiger partial charge on any atom is -0.347 e. The number of nitrogens with zero attached hydrogens (tertiary/aromatic N) is 2. The van der Waals surface area contributed by atoms with Crippen molar-refractivity contribution in [3.8, 4) is 0 Å². The number of halogens is 3. The molecular weight excluding hydrogens is 559 g/mol. The first-order valence-electron chi connectivity index (χ1n) is 14.9. The van der Waals surface area contributed by atoms with Crippen LogP contribution in [0.5, 0.6) is 0 Å². The molecule has 0 bridgehead atoms. The fraction of sp³-hybridized carbons (Fsp3) is 0.531. The molecule has 43 heavy (non-hydrogen) atoms. The van der Waals surface area contributed by atoms with Crippen molar-refractivity contribution >= 4 is 17.7 Å². The van der Waals surface area contributed by atoms with Crippen molar-refractivity contribution in [1.29, 1.82) is 0 Å². The summed E-state index contributed by atoms with van der Waals surface area (Å²) in [6.07, 6.45) is -1.76. The Morgan fingerprint density at radius 2 is 1.70 bits per heavy atom. The van der Waals surface area contributed by atoms with E-state index in [1.165, 1.54) is 17.7 Å². The molecule has 2 aromatic carbocycles. The Bertz CT molecular complexity index is 1280. The van der Waals surface area contributed by atoms with Gasteiger partial charge in [-0.2, -0.15) is 13.2 Å². The lowest BCUT2D eigenvalue weighted by molar-refractivity contribution is -0.148. The molecule has 1 aliphatic heterocycles. The Labute approximate surface area is 251 Å². The predicted octanol–water partition coefficient (Wildman–Crippen LogP) is 3.66. The number of likely N-dealkylation sites (N-methyl/N-ethyl adjacent to an activating group) is 1. The Morgan fingerprint density at radius 3 is 2.35 bits per heavy atom. The summed E-state index contributed by atoms with van der Waals surface area (Å²) >= 11 is 0. The average molecular weight is 602 g/mol. The van der Waals surface area contributed by atoms with Crippen LogP contribution in [0, 0.1) is 5.92 Å². The van der Waals surface area contributed by atoms with E-state index in [1.54, 1.807) is 18.9 Å². The molecule has 4 atom stereocenters. The summed E-state index contributed by atoms with van der Waals surface area (Å²) in [5.41, 5.74) is 2.24. The van der Waals surface area contributed by atoms with Crippen LogP contribution < -0.4 is 16.0 Å². The molecular formula is C32H42F3N5O3. The molecule has 0 saturated carbocycles. The van der Waals surface area contributed by atoms with E-state index in [4.69, 9.17) is 0 Å². The maximum absolute atomic E-state index is 14.0. The van der Waals surface area contributed by atoms with E-state index in [9.17, 15) is 27.6 Å². The summed E-state index contributed by atoms with van der Waals surface area (Å²) in [5.74, 6) is -1.15. The summed E-state index contributed by atoms with van der Waals surface area (Å²) < 4.78 is 39.2. The first-order chi connectivity index (χ1) is 20.4.